The van der Waals surface area contributed by atoms with Crippen LogP contribution in [0.2, 0.25) is 0 Å². The van der Waals surface area contributed by atoms with Crippen molar-refractivity contribution in [1.29, 1.82) is 0 Å². The van der Waals surface area contributed by atoms with Gasteiger partial charge >= 0.3 is 0 Å². The molecule has 0 bridgehead atoms. The number of nitrogens with one attached hydrogen (secondary N) is 2. The molecular weight excluding hydrogens is 722 g/mol. The van der Waals surface area contributed by atoms with Gasteiger partial charge in [0.05, 0.1) is 31.1 Å². The quantitative estimate of drug-likeness (QED) is 0.162. The smallest absolute Gasteiger partial charge is 0.246 e. The van der Waals surface area contributed by atoms with E-state index in [0.29, 0.717) is 26.2 Å². The molecule has 0 aliphatic carbocycles. The van der Waals surface area contributed by atoms with Gasteiger partial charge in [-0.05, 0) is 152 Å². The maximum atomic E-state index is 12.6. The van der Waals surface area contributed by atoms with Crippen LogP contribution in [0.3, 0.4) is 0 Å². The van der Waals surface area contributed by atoms with Crippen LogP contribution in [0.1, 0.15) is 24.0 Å². The summed E-state index contributed by atoms with van der Waals surface area (Å²) in [6, 6.07) is 8.04. The molecule has 0 radical (unpaired) electrons. The van der Waals surface area contributed by atoms with E-state index in [0.717, 1.165) is 60.9 Å². The zero-order valence-electron chi connectivity index (χ0n) is 20.8. The minimum absolute atomic E-state index is 0.0640. The molecule has 0 aliphatic rings. The van der Waals surface area contributed by atoms with Crippen molar-refractivity contribution in [3.8, 4) is 11.5 Å². The maximum Gasteiger partial charge on any atom is 0.246 e. The van der Waals surface area contributed by atoms with Gasteiger partial charge in [-0.1, -0.05) is 0 Å². The van der Waals surface area contributed by atoms with Crippen molar-refractivity contribution in [1.82, 2.24) is 15.5 Å². The summed E-state index contributed by atoms with van der Waals surface area (Å²) in [5, 5.41) is 6.26. The first-order chi connectivity index (χ1) is 17.3. The molecule has 2 rings (SSSR count). The van der Waals surface area contributed by atoms with Crippen molar-refractivity contribution in [3.05, 3.63) is 59.4 Å². The highest BCUT2D eigenvalue weighted by atomic mass is 79.9. The monoisotopic (exact) mass is 751 g/mol. The lowest BCUT2D eigenvalue weighted by Crippen LogP contribution is -2.26. The summed E-state index contributed by atoms with van der Waals surface area (Å²) in [6.45, 7) is 3.53. The Hall–Kier alpha value is -0.910. The molecule has 0 atom stereocenters. The van der Waals surface area contributed by atoms with E-state index in [9.17, 15) is 4.79 Å². The molecule has 6 nitrogen and oxygen atoms in total. The van der Waals surface area contributed by atoms with E-state index in [2.05, 4.69) is 86.5 Å². The van der Waals surface area contributed by atoms with Crippen molar-refractivity contribution in [2.45, 2.75) is 19.3 Å². The van der Waals surface area contributed by atoms with Crippen LogP contribution in [0.5, 0.6) is 11.5 Å². The van der Waals surface area contributed by atoms with Crippen molar-refractivity contribution in [2.75, 3.05) is 54.0 Å². The number of carbonyl (C=O) groups is 1. The zero-order valence-corrected chi connectivity index (χ0v) is 27.1. The largest absolute Gasteiger partial charge is 0.491 e. The van der Waals surface area contributed by atoms with Crippen LogP contribution in [0, 0.1) is 0 Å². The number of amides is 1. The molecule has 36 heavy (non-hydrogen) atoms. The van der Waals surface area contributed by atoms with Crippen molar-refractivity contribution >= 4 is 75.7 Å². The predicted molar refractivity (Wildman–Crippen MR) is 162 cm³/mol. The molecule has 2 N–H and O–H groups in total. The van der Waals surface area contributed by atoms with Gasteiger partial charge in [0, 0.05) is 19.7 Å². The van der Waals surface area contributed by atoms with Crippen LogP contribution in [-0.2, 0) is 11.2 Å². The number of hydrogen-bond acceptors (Lipinski definition) is 5. The molecular formula is C26H33Br4N3O3. The Kier molecular flexibility index (Phi) is 14.6. The number of halogens is 4. The predicted octanol–water partition coefficient (Wildman–Crippen LogP) is 6.43. The van der Waals surface area contributed by atoms with Gasteiger partial charge in [-0.3, -0.25) is 4.79 Å². The minimum atomic E-state index is -0.0640. The number of benzene rings is 2. The Bertz CT molecular complexity index is 987. The van der Waals surface area contributed by atoms with E-state index in [-0.39, 0.29) is 5.91 Å². The molecule has 0 fully saturated rings. The lowest BCUT2D eigenvalue weighted by atomic mass is 10.1. The second kappa shape index (κ2) is 16.8. The van der Waals surface area contributed by atoms with E-state index in [1.165, 1.54) is 5.56 Å². The van der Waals surface area contributed by atoms with Gasteiger partial charge in [-0.15, -0.1) is 0 Å². The Balaban J connectivity index is 1.83. The highest BCUT2D eigenvalue weighted by Gasteiger charge is 2.11. The first kappa shape index (κ1) is 31.3. The molecule has 0 unspecified atom stereocenters. The van der Waals surface area contributed by atoms with E-state index in [4.69, 9.17) is 9.47 Å². The Morgan fingerprint density at radius 3 is 1.94 bits per heavy atom. The van der Waals surface area contributed by atoms with Gasteiger partial charge < -0.3 is 25.0 Å². The third kappa shape index (κ3) is 10.5. The van der Waals surface area contributed by atoms with Gasteiger partial charge in [0.25, 0.3) is 0 Å². The second-order valence-electron chi connectivity index (χ2n) is 8.16. The summed E-state index contributed by atoms with van der Waals surface area (Å²) >= 11 is 14.3. The van der Waals surface area contributed by atoms with Crippen molar-refractivity contribution in [3.63, 3.8) is 0 Å². The van der Waals surface area contributed by atoms with Crippen molar-refractivity contribution in [2.24, 2.45) is 0 Å². The van der Waals surface area contributed by atoms with Gasteiger partial charge in [0.1, 0.15) is 11.5 Å². The van der Waals surface area contributed by atoms with E-state index in [1.807, 2.05) is 26.2 Å². The van der Waals surface area contributed by atoms with Crippen molar-refractivity contribution < 1.29 is 14.3 Å². The molecule has 0 spiro atoms. The Morgan fingerprint density at radius 1 is 0.861 bits per heavy atom. The summed E-state index contributed by atoms with van der Waals surface area (Å²) < 4.78 is 15.3. The van der Waals surface area contributed by atoms with Crippen LogP contribution >= 0.6 is 63.7 Å². The third-order valence-electron chi connectivity index (χ3n) is 5.24. The number of ether oxygens (including phenoxy) is 2. The van der Waals surface area contributed by atoms with Gasteiger partial charge in [-0.2, -0.15) is 0 Å². The lowest BCUT2D eigenvalue weighted by molar-refractivity contribution is -0.124. The van der Waals surface area contributed by atoms with Crippen LogP contribution in [0.25, 0.3) is 6.08 Å². The fourth-order valence-corrected chi connectivity index (χ4v) is 6.24. The summed E-state index contributed by atoms with van der Waals surface area (Å²) in [4.78, 5) is 14.3. The Morgan fingerprint density at radius 2 is 1.39 bits per heavy atom. The fourth-order valence-electron chi connectivity index (χ4n) is 3.28. The molecule has 0 heterocycles. The SMILES string of the molecule is CNCCCOc1c(Br)cc(/C=C/C(=O)N(C)CCCOc2c(Br)cc(CCNC)cc2Br)cc1Br. The number of hydrogen-bond donors (Lipinski definition) is 2. The van der Waals surface area contributed by atoms with Crippen LogP contribution < -0.4 is 20.1 Å². The first-order valence-electron chi connectivity index (χ1n) is 11.7. The number of nitrogens with zero attached hydrogens (tertiary/aromatic N) is 1. The summed E-state index contributed by atoms with van der Waals surface area (Å²) in [7, 11) is 5.66. The van der Waals surface area contributed by atoms with Gasteiger partial charge in [0.15, 0.2) is 0 Å². The fraction of sp³-hybridized carbons (Fsp3) is 0.423. The van der Waals surface area contributed by atoms with E-state index in [1.54, 1.807) is 24.1 Å². The normalized spacial score (nSPS) is 11.2. The van der Waals surface area contributed by atoms with Gasteiger partial charge in [0.2, 0.25) is 5.91 Å². The maximum absolute atomic E-state index is 12.6. The number of likely N-dealkylation sites (N-methyl/N-ethyl adjacent to an activating group) is 2. The van der Waals surface area contributed by atoms with Gasteiger partial charge in [-0.25, -0.2) is 0 Å². The topological polar surface area (TPSA) is 62.8 Å². The van der Waals surface area contributed by atoms with Crippen LogP contribution in [0.15, 0.2) is 48.2 Å². The molecule has 0 aromatic heterocycles. The molecule has 0 saturated carbocycles. The standard InChI is InChI=1S/C26H33Br4N3O3/c1-31-9-4-12-35-25-20(27)14-18(15-21(25)28)6-7-24(34)33(3)11-5-13-36-26-22(29)16-19(8-10-32-2)17-23(26)30/h6-7,14-17,31-32H,4-5,8-13H2,1-3H3/b7-6+. The molecule has 2 aromatic rings. The summed E-state index contributed by atoms with van der Waals surface area (Å²) in [5.41, 5.74) is 2.12. The second-order valence-corrected chi connectivity index (χ2v) is 11.6. The average Bonchev–Trinajstić information content (AvgIpc) is 2.84. The molecule has 198 valence electrons. The molecule has 10 heteroatoms. The average molecular weight is 755 g/mol. The third-order valence-corrected chi connectivity index (χ3v) is 7.59. The van der Waals surface area contributed by atoms with E-state index < -0.39 is 0 Å². The lowest BCUT2D eigenvalue weighted by Gasteiger charge is -2.16. The molecule has 1 amide bonds. The first-order valence-corrected chi connectivity index (χ1v) is 14.9. The van der Waals surface area contributed by atoms with Crippen LogP contribution in [-0.4, -0.2) is 64.8 Å². The summed E-state index contributed by atoms with van der Waals surface area (Å²) in [6.07, 6.45) is 5.96. The van der Waals surface area contributed by atoms with Crippen LogP contribution in [0.4, 0.5) is 0 Å². The Labute approximate surface area is 248 Å². The molecule has 0 saturated heterocycles. The molecule has 2 aromatic carbocycles. The highest BCUT2D eigenvalue weighted by Crippen LogP contribution is 2.36. The molecule has 0 aliphatic heterocycles. The highest BCUT2D eigenvalue weighted by molar-refractivity contribution is 9.11. The zero-order chi connectivity index (χ0) is 26.5. The van der Waals surface area contributed by atoms with E-state index >= 15 is 0 Å². The minimum Gasteiger partial charge on any atom is -0.491 e. The summed E-state index contributed by atoms with van der Waals surface area (Å²) in [5.74, 6) is 1.48. The number of rotatable bonds is 15. The number of carbonyl (C=O) groups excluding carboxylic acids is 1.